The summed E-state index contributed by atoms with van der Waals surface area (Å²) in [7, 11) is 0. The number of pyridine rings is 1. The summed E-state index contributed by atoms with van der Waals surface area (Å²) in [4.78, 5) is 37.1. The van der Waals surface area contributed by atoms with Crippen LogP contribution in [0.5, 0.6) is 0 Å². The Balaban J connectivity index is 1.35. The number of hydrogen-bond acceptors (Lipinski definition) is 5. The van der Waals surface area contributed by atoms with E-state index in [1.54, 1.807) is 24.4 Å². The number of aromatic nitrogens is 3. The molecule has 7 heteroatoms. The third-order valence-electron chi connectivity index (χ3n) is 5.57. The van der Waals surface area contributed by atoms with Gasteiger partial charge in [-0.05, 0) is 36.1 Å². The highest BCUT2D eigenvalue weighted by molar-refractivity contribution is 5.94. The van der Waals surface area contributed by atoms with Gasteiger partial charge in [0.2, 0.25) is 0 Å². The largest absolute Gasteiger partial charge is 0.341 e. The van der Waals surface area contributed by atoms with Gasteiger partial charge in [0.15, 0.2) is 0 Å². The predicted molar refractivity (Wildman–Crippen MR) is 96.4 cm³/mol. The quantitative estimate of drug-likeness (QED) is 0.811. The molecule has 2 heterocycles. The highest BCUT2D eigenvalue weighted by Crippen LogP contribution is 2.64. The Bertz CT molecular complexity index is 1000. The molecule has 0 radical (unpaired) electrons. The average molecular weight is 359 g/mol. The van der Waals surface area contributed by atoms with Gasteiger partial charge >= 0.3 is 0 Å². The van der Waals surface area contributed by atoms with Crippen LogP contribution in [0.15, 0.2) is 65.9 Å². The van der Waals surface area contributed by atoms with Crippen molar-refractivity contribution < 1.29 is 9.59 Å². The Morgan fingerprint density at radius 3 is 2.74 bits per heavy atom. The number of fused-ring (bicyclic) bond motifs is 5. The molecule has 2 aromatic rings. The van der Waals surface area contributed by atoms with Crippen molar-refractivity contribution in [2.45, 2.75) is 24.8 Å². The maximum Gasteiger partial charge on any atom is 0.275 e. The second kappa shape index (κ2) is 5.84. The van der Waals surface area contributed by atoms with E-state index in [1.165, 1.54) is 29.7 Å². The normalized spacial score (nSPS) is 24.7. The maximum absolute atomic E-state index is 12.6. The van der Waals surface area contributed by atoms with Gasteiger partial charge in [-0.1, -0.05) is 12.1 Å². The predicted octanol–water partition coefficient (Wildman–Crippen LogP) is 1.78. The zero-order valence-electron chi connectivity index (χ0n) is 14.5. The van der Waals surface area contributed by atoms with E-state index in [9.17, 15) is 9.59 Å². The number of rotatable bonds is 4. The van der Waals surface area contributed by atoms with E-state index in [0.717, 1.165) is 18.5 Å². The summed E-state index contributed by atoms with van der Waals surface area (Å²) in [6.45, 7) is 0. The van der Waals surface area contributed by atoms with Gasteiger partial charge in [-0.25, -0.2) is 4.98 Å². The van der Waals surface area contributed by atoms with Crippen molar-refractivity contribution in [1.82, 2.24) is 25.6 Å². The molecule has 3 aliphatic rings. The first-order valence-electron chi connectivity index (χ1n) is 8.90. The van der Waals surface area contributed by atoms with Crippen molar-refractivity contribution >= 4 is 11.8 Å². The van der Waals surface area contributed by atoms with Crippen molar-refractivity contribution in [2.24, 2.45) is 5.92 Å². The molecule has 0 aliphatic heterocycles. The van der Waals surface area contributed by atoms with E-state index < -0.39 is 0 Å². The molecule has 2 fully saturated rings. The molecule has 2 saturated carbocycles. The minimum atomic E-state index is -0.303. The van der Waals surface area contributed by atoms with Gasteiger partial charge in [0.05, 0.1) is 11.7 Å². The van der Waals surface area contributed by atoms with Crippen molar-refractivity contribution in [1.29, 1.82) is 0 Å². The fraction of sp³-hybridized carbons (Fsp3) is 0.250. The van der Waals surface area contributed by atoms with Crippen molar-refractivity contribution in [3.63, 3.8) is 0 Å². The van der Waals surface area contributed by atoms with Crippen LogP contribution in [0.4, 0.5) is 0 Å². The van der Waals surface area contributed by atoms with Crippen LogP contribution < -0.4 is 10.6 Å². The van der Waals surface area contributed by atoms with Crippen LogP contribution in [-0.2, 0) is 0 Å². The Morgan fingerprint density at radius 1 is 1.07 bits per heavy atom. The molecule has 7 nitrogen and oxygen atoms in total. The van der Waals surface area contributed by atoms with E-state index in [1.807, 2.05) is 0 Å². The third-order valence-corrected chi connectivity index (χ3v) is 5.57. The summed E-state index contributed by atoms with van der Waals surface area (Å²) in [6.07, 6.45) is 10.6. The Morgan fingerprint density at radius 2 is 1.96 bits per heavy atom. The minimum Gasteiger partial charge on any atom is -0.341 e. The number of amides is 2. The lowest BCUT2D eigenvalue weighted by Crippen LogP contribution is -2.38. The van der Waals surface area contributed by atoms with Crippen molar-refractivity contribution in [3.05, 3.63) is 77.3 Å². The molecule has 5 rings (SSSR count). The summed E-state index contributed by atoms with van der Waals surface area (Å²) >= 11 is 0. The minimum absolute atomic E-state index is 0.155. The number of carbonyl (C=O) groups excluding carboxylic acids is 2. The van der Waals surface area contributed by atoms with Gasteiger partial charge in [-0.15, -0.1) is 0 Å². The topological polar surface area (TPSA) is 96.9 Å². The Kier molecular flexibility index (Phi) is 3.43. The number of nitrogens with zero attached hydrogens (tertiary/aromatic N) is 3. The zero-order chi connectivity index (χ0) is 18.4. The molecular weight excluding hydrogens is 342 g/mol. The number of hydrogen-bond donors (Lipinski definition) is 2. The van der Waals surface area contributed by atoms with Crippen LogP contribution >= 0.6 is 0 Å². The standard InChI is InChI=1S/C20H17N5O2/c26-18(17-11-21-7-8-23-17)24-15-5-4-12-9-13(15)14-10-20(12,14)25-19(27)16-3-1-2-6-22-16/h1-4,6-8,11,14H,5,9-10H2,(H,24,26)(H,25,27). The second-order valence-corrected chi connectivity index (χ2v) is 7.06. The Hall–Kier alpha value is -3.35. The molecule has 2 atom stereocenters. The summed E-state index contributed by atoms with van der Waals surface area (Å²) in [6, 6.07) is 5.31. The highest BCUT2D eigenvalue weighted by Gasteiger charge is 2.64. The fourth-order valence-corrected chi connectivity index (χ4v) is 4.18. The van der Waals surface area contributed by atoms with Crippen LogP contribution in [0.3, 0.4) is 0 Å². The molecule has 2 amide bonds. The second-order valence-electron chi connectivity index (χ2n) is 7.06. The van der Waals surface area contributed by atoms with E-state index in [0.29, 0.717) is 17.8 Å². The number of allylic oxidation sites excluding steroid dienone is 1. The maximum atomic E-state index is 12.6. The van der Waals surface area contributed by atoms with E-state index in [4.69, 9.17) is 0 Å². The van der Waals surface area contributed by atoms with Gasteiger partial charge in [-0.2, -0.15) is 0 Å². The lowest BCUT2D eigenvalue weighted by atomic mass is 9.96. The van der Waals surface area contributed by atoms with Gasteiger partial charge in [0, 0.05) is 36.6 Å². The molecule has 0 saturated heterocycles. The number of carbonyl (C=O) groups is 2. The van der Waals surface area contributed by atoms with Gasteiger partial charge in [0.1, 0.15) is 11.4 Å². The molecule has 2 bridgehead atoms. The molecule has 2 unspecified atom stereocenters. The van der Waals surface area contributed by atoms with Crippen LogP contribution in [0.1, 0.15) is 40.2 Å². The average Bonchev–Trinajstić information content (AvgIpc) is 3.39. The lowest BCUT2D eigenvalue weighted by molar-refractivity contribution is 0.0930. The first kappa shape index (κ1) is 15.9. The van der Waals surface area contributed by atoms with Gasteiger partial charge in [0.25, 0.3) is 11.8 Å². The molecule has 2 aromatic heterocycles. The van der Waals surface area contributed by atoms with Crippen molar-refractivity contribution in [3.8, 4) is 0 Å². The molecule has 134 valence electrons. The van der Waals surface area contributed by atoms with Gasteiger partial charge in [-0.3, -0.25) is 19.6 Å². The molecule has 2 N–H and O–H groups in total. The van der Waals surface area contributed by atoms with Crippen molar-refractivity contribution in [2.75, 3.05) is 0 Å². The molecule has 3 aliphatic carbocycles. The monoisotopic (exact) mass is 359 g/mol. The summed E-state index contributed by atoms with van der Waals surface area (Å²) in [5.41, 5.74) is 3.79. The molecular formula is C20H17N5O2. The summed E-state index contributed by atoms with van der Waals surface area (Å²) in [5.74, 6) is -0.161. The van der Waals surface area contributed by atoms with E-state index in [-0.39, 0.29) is 23.3 Å². The highest BCUT2D eigenvalue weighted by atomic mass is 16.2. The van der Waals surface area contributed by atoms with Gasteiger partial charge < -0.3 is 10.6 Å². The first-order chi connectivity index (χ1) is 13.2. The van der Waals surface area contributed by atoms with E-state index in [2.05, 4.69) is 31.7 Å². The van der Waals surface area contributed by atoms with Crippen LogP contribution in [0, 0.1) is 5.92 Å². The van der Waals surface area contributed by atoms with E-state index >= 15 is 0 Å². The third kappa shape index (κ3) is 2.54. The van der Waals surface area contributed by atoms with Crippen LogP contribution in [0.2, 0.25) is 0 Å². The molecule has 0 aromatic carbocycles. The van der Waals surface area contributed by atoms with Crippen LogP contribution in [-0.4, -0.2) is 32.3 Å². The molecule has 0 spiro atoms. The number of nitrogens with one attached hydrogen (secondary N) is 2. The van der Waals surface area contributed by atoms with Crippen LogP contribution in [0.25, 0.3) is 0 Å². The summed E-state index contributed by atoms with van der Waals surface area (Å²) < 4.78 is 0. The summed E-state index contributed by atoms with van der Waals surface area (Å²) in [5, 5.41) is 6.17. The molecule has 27 heavy (non-hydrogen) atoms. The lowest BCUT2D eigenvalue weighted by Gasteiger charge is -2.20. The first-order valence-corrected chi connectivity index (χ1v) is 8.90. The Labute approximate surface area is 155 Å². The zero-order valence-corrected chi connectivity index (χ0v) is 14.5. The SMILES string of the molecule is O=C(NC1=C2CC(=CC1)C1(NC(=O)c3ccccn3)CC21)c1cnccn1. The fourth-order valence-electron chi connectivity index (χ4n) is 4.18. The smallest absolute Gasteiger partial charge is 0.275 e.